The van der Waals surface area contributed by atoms with E-state index >= 15 is 0 Å². The van der Waals surface area contributed by atoms with Crippen LogP contribution < -0.4 is 5.69 Å². The molecule has 0 atom stereocenters. The number of aromatic amines is 2. The van der Waals surface area contributed by atoms with Crippen LogP contribution in [0.25, 0.3) is 5.69 Å². The van der Waals surface area contributed by atoms with Gasteiger partial charge in [0, 0.05) is 0 Å². The van der Waals surface area contributed by atoms with Crippen molar-refractivity contribution in [2.75, 3.05) is 0 Å². The summed E-state index contributed by atoms with van der Waals surface area (Å²) in [5, 5.41) is 13.8. The third-order valence-electron chi connectivity index (χ3n) is 2.00. The molecule has 80 valence electrons. The van der Waals surface area contributed by atoms with Gasteiger partial charge in [-0.25, -0.2) is 14.5 Å². The summed E-state index contributed by atoms with van der Waals surface area (Å²) >= 11 is 10.9. The fraction of sp³-hybridized carbons (Fsp3) is 0. The van der Waals surface area contributed by atoms with E-state index in [-0.39, 0.29) is 4.77 Å². The fourth-order valence-corrected chi connectivity index (χ4v) is 1.78. The Morgan fingerprint density at radius 3 is 2.69 bits per heavy atom. The lowest BCUT2D eigenvalue weighted by atomic mass is 10.2. The van der Waals surface area contributed by atoms with Crippen LogP contribution in [0.2, 0.25) is 5.02 Å². The standard InChI is InChI=1S/C9H5ClN4OS/c10-6-3-5(4-11)1-2-7(6)14-8(15)12-13-9(14)16/h1-3H,(H,12,15)(H,13,16). The zero-order chi connectivity index (χ0) is 11.7. The second kappa shape index (κ2) is 3.96. The highest BCUT2D eigenvalue weighted by Gasteiger charge is 2.08. The van der Waals surface area contributed by atoms with Gasteiger partial charge in [-0.1, -0.05) is 11.6 Å². The van der Waals surface area contributed by atoms with E-state index in [0.717, 1.165) is 0 Å². The lowest BCUT2D eigenvalue weighted by molar-refractivity contribution is 0.975. The molecule has 0 saturated heterocycles. The lowest BCUT2D eigenvalue weighted by Gasteiger charge is -2.03. The second-order valence-corrected chi connectivity index (χ2v) is 3.77. The number of H-pyrrole nitrogens is 2. The van der Waals surface area contributed by atoms with Crippen molar-refractivity contribution < 1.29 is 0 Å². The SMILES string of the molecule is N#Cc1ccc(-n2c(=O)[nH][nH]c2=S)c(Cl)c1. The number of rotatable bonds is 1. The molecule has 0 amide bonds. The van der Waals surface area contributed by atoms with E-state index in [0.29, 0.717) is 16.3 Å². The molecule has 0 unspecified atom stereocenters. The Balaban J connectivity index is 2.72. The summed E-state index contributed by atoms with van der Waals surface area (Å²) in [6.45, 7) is 0. The quantitative estimate of drug-likeness (QED) is 0.759. The van der Waals surface area contributed by atoms with Crippen molar-refractivity contribution in [1.29, 1.82) is 5.26 Å². The highest BCUT2D eigenvalue weighted by molar-refractivity contribution is 7.71. The smallest absolute Gasteiger partial charge is 0.272 e. The normalized spacial score (nSPS) is 10.0. The molecule has 2 rings (SSSR count). The summed E-state index contributed by atoms with van der Waals surface area (Å²) < 4.78 is 1.44. The van der Waals surface area contributed by atoms with Crippen molar-refractivity contribution in [2.24, 2.45) is 0 Å². The average molecular weight is 253 g/mol. The number of nitrogens with one attached hydrogen (secondary N) is 2. The second-order valence-electron chi connectivity index (χ2n) is 2.97. The van der Waals surface area contributed by atoms with Crippen LogP contribution in [0.5, 0.6) is 0 Å². The van der Waals surface area contributed by atoms with Gasteiger partial charge in [-0.2, -0.15) is 5.26 Å². The third-order valence-corrected chi connectivity index (χ3v) is 2.59. The van der Waals surface area contributed by atoms with Gasteiger partial charge in [-0.05, 0) is 30.4 Å². The maximum absolute atomic E-state index is 11.4. The van der Waals surface area contributed by atoms with Gasteiger partial charge in [0.25, 0.3) is 0 Å². The Morgan fingerprint density at radius 1 is 1.44 bits per heavy atom. The number of aromatic nitrogens is 3. The van der Waals surface area contributed by atoms with E-state index < -0.39 is 5.69 Å². The molecule has 1 aromatic heterocycles. The van der Waals surface area contributed by atoms with Gasteiger partial charge >= 0.3 is 5.69 Å². The van der Waals surface area contributed by atoms with Crippen LogP contribution in [0, 0.1) is 16.1 Å². The van der Waals surface area contributed by atoms with Crippen LogP contribution in [0.3, 0.4) is 0 Å². The summed E-state index contributed by atoms with van der Waals surface area (Å²) in [5.74, 6) is 0. The summed E-state index contributed by atoms with van der Waals surface area (Å²) in [6.07, 6.45) is 0. The molecule has 0 saturated carbocycles. The van der Waals surface area contributed by atoms with Crippen LogP contribution in [-0.2, 0) is 0 Å². The Bertz CT molecular complexity index is 663. The number of nitriles is 1. The first kappa shape index (κ1) is 10.7. The summed E-state index contributed by atoms with van der Waals surface area (Å²) in [6, 6.07) is 6.57. The zero-order valence-electron chi connectivity index (χ0n) is 7.82. The number of benzene rings is 1. The van der Waals surface area contributed by atoms with Gasteiger partial charge in [0.1, 0.15) is 0 Å². The van der Waals surface area contributed by atoms with E-state index in [2.05, 4.69) is 10.2 Å². The molecule has 7 heteroatoms. The molecule has 0 aliphatic rings. The van der Waals surface area contributed by atoms with Gasteiger partial charge in [0.2, 0.25) is 4.77 Å². The lowest BCUT2D eigenvalue weighted by Crippen LogP contribution is -2.15. The maximum Gasteiger partial charge on any atom is 0.347 e. The largest absolute Gasteiger partial charge is 0.347 e. The molecule has 5 nitrogen and oxygen atoms in total. The number of hydrogen-bond donors (Lipinski definition) is 2. The Morgan fingerprint density at radius 2 is 2.19 bits per heavy atom. The first-order valence-electron chi connectivity index (χ1n) is 4.23. The average Bonchev–Trinajstić information content (AvgIpc) is 2.59. The van der Waals surface area contributed by atoms with Crippen molar-refractivity contribution in [3.05, 3.63) is 44.0 Å². The van der Waals surface area contributed by atoms with E-state index in [1.54, 1.807) is 12.1 Å². The molecule has 0 bridgehead atoms. The monoisotopic (exact) mass is 252 g/mol. The molecular weight excluding hydrogens is 248 g/mol. The first-order chi connectivity index (χ1) is 7.63. The van der Waals surface area contributed by atoms with E-state index in [1.807, 2.05) is 6.07 Å². The number of nitrogens with zero attached hydrogens (tertiary/aromatic N) is 2. The summed E-state index contributed by atoms with van der Waals surface area (Å²) in [4.78, 5) is 11.4. The maximum atomic E-state index is 11.4. The highest BCUT2D eigenvalue weighted by Crippen LogP contribution is 2.20. The number of halogens is 1. The molecule has 0 radical (unpaired) electrons. The van der Waals surface area contributed by atoms with Gasteiger partial charge in [0.05, 0.1) is 22.3 Å². The Kier molecular flexibility index (Phi) is 2.64. The van der Waals surface area contributed by atoms with Crippen LogP contribution in [0.4, 0.5) is 0 Å². The molecule has 0 fully saturated rings. The van der Waals surface area contributed by atoms with Crippen LogP contribution >= 0.6 is 23.8 Å². The first-order valence-corrected chi connectivity index (χ1v) is 5.02. The molecule has 0 aliphatic heterocycles. The molecule has 2 aromatic rings. The molecule has 1 aromatic carbocycles. The highest BCUT2D eigenvalue weighted by atomic mass is 35.5. The van der Waals surface area contributed by atoms with Crippen molar-refractivity contribution in [2.45, 2.75) is 0 Å². The van der Waals surface area contributed by atoms with Gasteiger partial charge in [0.15, 0.2) is 0 Å². The minimum Gasteiger partial charge on any atom is -0.272 e. The van der Waals surface area contributed by atoms with E-state index in [4.69, 9.17) is 29.1 Å². The van der Waals surface area contributed by atoms with E-state index in [1.165, 1.54) is 10.6 Å². The van der Waals surface area contributed by atoms with E-state index in [9.17, 15) is 4.79 Å². The fourth-order valence-electron chi connectivity index (χ4n) is 1.29. The molecular formula is C9H5ClN4OS. The van der Waals surface area contributed by atoms with Gasteiger partial charge in [-0.3, -0.25) is 5.10 Å². The van der Waals surface area contributed by atoms with Gasteiger partial charge < -0.3 is 0 Å². The van der Waals surface area contributed by atoms with Crippen LogP contribution in [0.15, 0.2) is 23.0 Å². The van der Waals surface area contributed by atoms with Crippen molar-refractivity contribution >= 4 is 23.8 Å². The Labute approximate surface area is 99.9 Å². The predicted molar refractivity (Wildman–Crippen MR) is 61.3 cm³/mol. The minimum atomic E-state index is -0.406. The molecule has 0 spiro atoms. The molecule has 1 heterocycles. The number of hydrogen-bond acceptors (Lipinski definition) is 3. The van der Waals surface area contributed by atoms with Gasteiger partial charge in [-0.15, -0.1) is 0 Å². The Hall–Kier alpha value is -1.84. The van der Waals surface area contributed by atoms with Crippen LogP contribution in [0.1, 0.15) is 5.56 Å². The van der Waals surface area contributed by atoms with Crippen LogP contribution in [-0.4, -0.2) is 14.8 Å². The van der Waals surface area contributed by atoms with Crippen molar-refractivity contribution in [3.63, 3.8) is 0 Å². The third kappa shape index (κ3) is 1.66. The topological polar surface area (TPSA) is 77.4 Å². The minimum absolute atomic E-state index is 0.219. The zero-order valence-corrected chi connectivity index (χ0v) is 9.39. The summed E-state index contributed by atoms with van der Waals surface area (Å²) in [7, 11) is 0. The summed E-state index contributed by atoms with van der Waals surface area (Å²) in [5.41, 5.74) is 0.456. The van der Waals surface area contributed by atoms with Crippen molar-refractivity contribution in [1.82, 2.24) is 14.8 Å². The van der Waals surface area contributed by atoms with Crippen molar-refractivity contribution in [3.8, 4) is 11.8 Å². The molecule has 16 heavy (non-hydrogen) atoms. The molecule has 2 N–H and O–H groups in total. The predicted octanol–water partition coefficient (Wildman–Crippen LogP) is 1.75. The molecule has 0 aliphatic carbocycles.